The van der Waals surface area contributed by atoms with Gasteiger partial charge in [0.25, 0.3) is 0 Å². The fraction of sp³-hybridized carbons (Fsp3) is 0.545. The van der Waals surface area contributed by atoms with E-state index in [9.17, 15) is 0 Å². The number of hydrogen-bond donors (Lipinski definition) is 2. The summed E-state index contributed by atoms with van der Waals surface area (Å²) < 4.78 is 7.30. The molecule has 0 amide bonds. The minimum atomic E-state index is 0.200. The smallest absolute Gasteiger partial charge is 0.237 e. The van der Waals surface area contributed by atoms with Crippen molar-refractivity contribution in [3.63, 3.8) is 0 Å². The molecule has 0 aliphatic rings. The van der Waals surface area contributed by atoms with Crippen LogP contribution in [0.3, 0.4) is 0 Å². The zero-order chi connectivity index (χ0) is 12.3. The second-order valence-electron chi connectivity index (χ2n) is 3.92. The molecule has 94 valence electrons. The van der Waals surface area contributed by atoms with E-state index in [-0.39, 0.29) is 12.6 Å². The number of ether oxygens (including phenoxy) is 1. The number of hydrogen-bond acceptors (Lipinski definition) is 5. The van der Waals surface area contributed by atoms with Crippen LogP contribution in [0.4, 0.5) is 0 Å². The van der Waals surface area contributed by atoms with E-state index in [1.807, 2.05) is 16.0 Å². The molecule has 17 heavy (non-hydrogen) atoms. The van der Waals surface area contributed by atoms with Crippen LogP contribution in [-0.4, -0.2) is 34.2 Å². The highest BCUT2D eigenvalue weighted by Gasteiger charge is 2.13. The highest BCUT2D eigenvalue weighted by molar-refractivity contribution is 7.15. The van der Waals surface area contributed by atoms with Crippen molar-refractivity contribution in [2.24, 2.45) is 0 Å². The van der Waals surface area contributed by atoms with Gasteiger partial charge in [0.15, 0.2) is 4.96 Å². The molecule has 1 unspecified atom stereocenters. The lowest BCUT2D eigenvalue weighted by Gasteiger charge is -2.12. The second kappa shape index (κ2) is 5.48. The van der Waals surface area contributed by atoms with E-state index < -0.39 is 0 Å². The monoisotopic (exact) mass is 255 g/mol. The number of aliphatic hydroxyl groups is 1. The van der Waals surface area contributed by atoms with E-state index in [4.69, 9.17) is 9.84 Å². The first-order valence-corrected chi connectivity index (χ1v) is 6.47. The molecule has 0 radical (unpaired) electrons. The normalized spacial score (nSPS) is 13.1. The van der Waals surface area contributed by atoms with Crippen molar-refractivity contribution >= 4 is 16.3 Å². The third-order valence-electron chi connectivity index (χ3n) is 2.70. The first kappa shape index (κ1) is 12.3. The van der Waals surface area contributed by atoms with E-state index in [0.29, 0.717) is 12.4 Å². The Hall–Kier alpha value is -1.11. The number of aliphatic hydroxyl groups excluding tert-OH is 1. The summed E-state index contributed by atoms with van der Waals surface area (Å²) in [6, 6.07) is 0.272. The largest absolute Gasteiger partial charge is 0.480 e. The summed E-state index contributed by atoms with van der Waals surface area (Å²) >= 11 is 1.59. The number of fused-ring (bicyclic) bond motifs is 1. The number of methoxy groups -OCH3 is 1. The van der Waals surface area contributed by atoms with Gasteiger partial charge in [0.1, 0.15) is 5.69 Å². The number of imidazole rings is 1. The van der Waals surface area contributed by atoms with Crippen LogP contribution in [0, 0.1) is 0 Å². The number of aromatic nitrogens is 2. The van der Waals surface area contributed by atoms with Gasteiger partial charge < -0.3 is 15.2 Å². The average molecular weight is 255 g/mol. The van der Waals surface area contributed by atoms with Crippen molar-refractivity contribution in [1.29, 1.82) is 0 Å². The second-order valence-corrected chi connectivity index (χ2v) is 4.79. The van der Waals surface area contributed by atoms with Crippen molar-refractivity contribution in [3.05, 3.63) is 17.3 Å². The molecule has 6 heteroatoms. The first-order valence-electron chi connectivity index (χ1n) is 5.59. The van der Waals surface area contributed by atoms with Crippen LogP contribution in [0.5, 0.6) is 5.88 Å². The highest BCUT2D eigenvalue weighted by Crippen LogP contribution is 2.22. The Labute approximate surface area is 104 Å². The summed E-state index contributed by atoms with van der Waals surface area (Å²) in [5.41, 5.74) is 1.02. The fourth-order valence-corrected chi connectivity index (χ4v) is 2.43. The van der Waals surface area contributed by atoms with Gasteiger partial charge >= 0.3 is 0 Å². The molecule has 5 nitrogen and oxygen atoms in total. The minimum Gasteiger partial charge on any atom is -0.480 e. The Balaban J connectivity index is 2.13. The maximum atomic E-state index is 8.85. The van der Waals surface area contributed by atoms with E-state index >= 15 is 0 Å². The lowest BCUT2D eigenvalue weighted by Crippen LogP contribution is -2.27. The van der Waals surface area contributed by atoms with E-state index in [1.165, 1.54) is 0 Å². The molecule has 2 aromatic rings. The predicted molar refractivity (Wildman–Crippen MR) is 67.6 cm³/mol. The molecule has 1 atom stereocenters. The minimum absolute atomic E-state index is 0.200. The Morgan fingerprint density at radius 3 is 3.18 bits per heavy atom. The summed E-state index contributed by atoms with van der Waals surface area (Å²) in [4.78, 5) is 5.32. The Bertz CT molecular complexity index is 480. The topological polar surface area (TPSA) is 58.8 Å². The van der Waals surface area contributed by atoms with Crippen molar-refractivity contribution in [2.45, 2.75) is 25.9 Å². The molecule has 2 rings (SSSR count). The van der Waals surface area contributed by atoms with Crippen molar-refractivity contribution < 1.29 is 9.84 Å². The van der Waals surface area contributed by atoms with Crippen molar-refractivity contribution in [2.75, 3.05) is 13.7 Å². The zero-order valence-electron chi connectivity index (χ0n) is 10.0. The molecule has 0 fully saturated rings. The molecule has 0 bridgehead atoms. The molecular weight excluding hydrogens is 238 g/mol. The van der Waals surface area contributed by atoms with Gasteiger partial charge in [-0.3, -0.25) is 4.40 Å². The van der Waals surface area contributed by atoms with Gasteiger partial charge in [-0.05, 0) is 13.3 Å². The maximum absolute atomic E-state index is 8.85. The van der Waals surface area contributed by atoms with Crippen molar-refractivity contribution in [3.8, 4) is 5.88 Å². The van der Waals surface area contributed by atoms with Gasteiger partial charge in [-0.25, -0.2) is 0 Å². The average Bonchev–Trinajstić information content (AvgIpc) is 2.86. The number of nitrogens with zero attached hydrogens (tertiary/aromatic N) is 2. The highest BCUT2D eigenvalue weighted by atomic mass is 32.1. The quantitative estimate of drug-likeness (QED) is 0.816. The molecular formula is C11H17N3O2S. The predicted octanol–water partition coefficient (Wildman–Crippen LogP) is 1.26. The van der Waals surface area contributed by atoms with Crippen LogP contribution >= 0.6 is 11.3 Å². The van der Waals surface area contributed by atoms with Crippen LogP contribution in [-0.2, 0) is 6.54 Å². The van der Waals surface area contributed by atoms with Gasteiger partial charge in [0, 0.05) is 30.8 Å². The van der Waals surface area contributed by atoms with Gasteiger partial charge in [-0.15, -0.1) is 11.3 Å². The molecule has 0 saturated heterocycles. The number of thiazole rings is 1. The van der Waals surface area contributed by atoms with Crippen LogP contribution in [0.1, 0.15) is 19.0 Å². The number of nitrogens with one attached hydrogen (secondary N) is 1. The lowest BCUT2D eigenvalue weighted by atomic mass is 10.2. The Kier molecular flexibility index (Phi) is 3.98. The molecule has 2 heterocycles. The molecule has 2 N–H and O–H groups in total. The van der Waals surface area contributed by atoms with Crippen molar-refractivity contribution in [1.82, 2.24) is 14.7 Å². The van der Waals surface area contributed by atoms with Gasteiger partial charge in [-0.1, -0.05) is 0 Å². The summed E-state index contributed by atoms with van der Waals surface area (Å²) in [6.07, 6.45) is 2.73. The summed E-state index contributed by atoms with van der Waals surface area (Å²) in [5.74, 6) is 0.667. The van der Waals surface area contributed by atoms with E-state index in [0.717, 1.165) is 17.1 Å². The van der Waals surface area contributed by atoms with Gasteiger partial charge in [0.2, 0.25) is 5.88 Å². The summed E-state index contributed by atoms with van der Waals surface area (Å²) in [6.45, 7) is 2.93. The molecule has 0 spiro atoms. The Morgan fingerprint density at radius 1 is 1.65 bits per heavy atom. The maximum Gasteiger partial charge on any atom is 0.237 e. The van der Waals surface area contributed by atoms with E-state index in [2.05, 4.69) is 17.2 Å². The fourth-order valence-electron chi connectivity index (χ4n) is 1.70. The van der Waals surface area contributed by atoms with Crippen LogP contribution in [0.2, 0.25) is 0 Å². The first-order chi connectivity index (χ1) is 8.26. The zero-order valence-corrected chi connectivity index (χ0v) is 10.8. The summed E-state index contributed by atoms with van der Waals surface area (Å²) in [5, 5.41) is 14.2. The molecule has 0 aliphatic carbocycles. The molecule has 2 aromatic heterocycles. The third-order valence-corrected chi connectivity index (χ3v) is 3.45. The van der Waals surface area contributed by atoms with Gasteiger partial charge in [0.05, 0.1) is 7.11 Å². The van der Waals surface area contributed by atoms with Gasteiger partial charge in [-0.2, -0.15) is 4.98 Å². The van der Waals surface area contributed by atoms with E-state index in [1.54, 1.807) is 18.4 Å². The number of rotatable bonds is 6. The van der Waals surface area contributed by atoms with Crippen LogP contribution in [0.15, 0.2) is 11.6 Å². The standard InChI is InChI=1S/C11H17N3O2S/c1-8(3-5-15)12-7-9-10(16-2)13-11-14(9)4-6-17-11/h4,6,8,12,15H,3,5,7H2,1-2H3. The molecule has 0 saturated carbocycles. The molecule has 0 aliphatic heterocycles. The summed E-state index contributed by atoms with van der Waals surface area (Å²) in [7, 11) is 1.63. The van der Waals surface area contributed by atoms with Crippen LogP contribution in [0.25, 0.3) is 4.96 Å². The third kappa shape index (κ3) is 2.59. The SMILES string of the molecule is COc1nc2sccn2c1CNC(C)CCO. The molecule has 0 aromatic carbocycles. The van der Waals surface area contributed by atoms with Crippen LogP contribution < -0.4 is 10.1 Å². The Morgan fingerprint density at radius 2 is 2.47 bits per heavy atom. The lowest BCUT2D eigenvalue weighted by molar-refractivity contribution is 0.268.